The Bertz CT molecular complexity index is 677. The Morgan fingerprint density at radius 1 is 1.15 bits per heavy atom. The topological polar surface area (TPSA) is 23.8 Å². The van der Waals surface area contributed by atoms with Crippen molar-refractivity contribution in [2.75, 3.05) is 0 Å². The summed E-state index contributed by atoms with van der Waals surface area (Å²) in [6, 6.07) is 15.6. The number of hydrogen-bond acceptors (Lipinski definition) is 1. The molecule has 0 radical (unpaired) electrons. The molecule has 0 amide bonds. The van der Waals surface area contributed by atoms with Crippen molar-refractivity contribution in [3.63, 3.8) is 0 Å². The molecule has 0 aromatic heterocycles. The van der Waals surface area contributed by atoms with Gasteiger partial charge in [0.1, 0.15) is 5.82 Å². The Morgan fingerprint density at radius 2 is 1.80 bits per heavy atom. The van der Waals surface area contributed by atoms with Gasteiger partial charge < -0.3 is 0 Å². The summed E-state index contributed by atoms with van der Waals surface area (Å²) < 4.78 is 14.7. The smallest absolute Gasteiger partial charge is 0.127 e. The molecule has 0 fully saturated rings. The van der Waals surface area contributed by atoms with E-state index >= 15 is 0 Å². The molecule has 0 heterocycles. The van der Waals surface area contributed by atoms with Gasteiger partial charge in [-0.05, 0) is 48.1 Å². The van der Waals surface area contributed by atoms with Crippen LogP contribution in [0.3, 0.4) is 0 Å². The zero-order chi connectivity index (χ0) is 14.2. The first kappa shape index (κ1) is 13.3. The molecule has 1 nitrogen and oxygen atoms in total. The Balaban J connectivity index is 1.92. The first-order chi connectivity index (χ1) is 9.62. The van der Waals surface area contributed by atoms with Gasteiger partial charge in [-0.1, -0.05) is 46.3 Å². The molecule has 2 aromatic carbocycles. The maximum atomic E-state index is 14.0. The molecule has 0 aliphatic heterocycles. The number of rotatable bonds is 2. The second-order valence-corrected chi connectivity index (χ2v) is 6.34. The van der Waals surface area contributed by atoms with Crippen molar-refractivity contribution in [1.29, 1.82) is 5.26 Å². The van der Waals surface area contributed by atoms with E-state index in [1.165, 1.54) is 17.2 Å². The minimum Gasteiger partial charge on any atom is -0.207 e. The standard InChI is InChI=1S/C17H13BrFN/c18-15-6-5-14(16(19)7-15)10-17(11-20)8-12-3-1-2-4-13(12)9-17/h1-7H,8-10H2. The number of benzene rings is 2. The highest BCUT2D eigenvalue weighted by Gasteiger charge is 2.38. The van der Waals surface area contributed by atoms with Crippen molar-refractivity contribution >= 4 is 15.9 Å². The maximum absolute atomic E-state index is 14.0. The fourth-order valence-corrected chi connectivity index (χ4v) is 3.30. The minimum atomic E-state index is -0.516. The van der Waals surface area contributed by atoms with Crippen molar-refractivity contribution in [2.24, 2.45) is 5.41 Å². The third-order valence-electron chi connectivity index (χ3n) is 3.96. The van der Waals surface area contributed by atoms with Gasteiger partial charge in [-0.25, -0.2) is 4.39 Å². The summed E-state index contributed by atoms with van der Waals surface area (Å²) in [5, 5.41) is 9.61. The van der Waals surface area contributed by atoms with Gasteiger partial charge in [0, 0.05) is 4.47 Å². The largest absolute Gasteiger partial charge is 0.207 e. The van der Waals surface area contributed by atoms with E-state index in [2.05, 4.69) is 34.1 Å². The molecule has 0 N–H and O–H groups in total. The molecule has 1 aliphatic carbocycles. The van der Waals surface area contributed by atoms with E-state index in [1.807, 2.05) is 18.2 Å². The third-order valence-corrected chi connectivity index (χ3v) is 4.45. The molecule has 3 heteroatoms. The van der Waals surface area contributed by atoms with Crippen LogP contribution in [-0.2, 0) is 19.3 Å². The van der Waals surface area contributed by atoms with Crippen LogP contribution in [0.4, 0.5) is 4.39 Å². The Morgan fingerprint density at radius 3 is 2.35 bits per heavy atom. The highest BCUT2D eigenvalue weighted by molar-refractivity contribution is 9.10. The Kier molecular flexibility index (Phi) is 3.35. The van der Waals surface area contributed by atoms with Gasteiger partial charge in [0.25, 0.3) is 0 Å². The molecule has 0 atom stereocenters. The quantitative estimate of drug-likeness (QED) is 0.799. The maximum Gasteiger partial charge on any atom is 0.127 e. The van der Waals surface area contributed by atoms with Gasteiger partial charge in [-0.3, -0.25) is 0 Å². The molecule has 0 saturated heterocycles. The Hall–Kier alpha value is -1.66. The molecule has 0 spiro atoms. The summed E-state index contributed by atoms with van der Waals surface area (Å²) >= 11 is 3.26. The molecule has 2 aromatic rings. The van der Waals surface area contributed by atoms with Crippen LogP contribution in [0.2, 0.25) is 0 Å². The molecule has 0 saturated carbocycles. The van der Waals surface area contributed by atoms with Crippen molar-refractivity contribution < 1.29 is 4.39 Å². The Labute approximate surface area is 126 Å². The van der Waals surface area contributed by atoms with Crippen LogP contribution < -0.4 is 0 Å². The SMILES string of the molecule is N#CC1(Cc2ccc(Br)cc2F)Cc2ccccc2C1. The fourth-order valence-electron chi connectivity index (χ4n) is 2.97. The van der Waals surface area contributed by atoms with E-state index in [0.717, 1.165) is 4.47 Å². The lowest BCUT2D eigenvalue weighted by molar-refractivity contribution is 0.409. The summed E-state index contributed by atoms with van der Waals surface area (Å²) in [4.78, 5) is 0. The van der Waals surface area contributed by atoms with Crippen molar-refractivity contribution in [2.45, 2.75) is 19.3 Å². The lowest BCUT2D eigenvalue weighted by Gasteiger charge is -2.20. The number of hydrogen-bond donors (Lipinski definition) is 0. The van der Waals surface area contributed by atoms with Gasteiger partial charge >= 0.3 is 0 Å². The number of nitrogens with zero attached hydrogens (tertiary/aromatic N) is 1. The summed E-state index contributed by atoms with van der Waals surface area (Å²) in [5.41, 5.74) is 2.53. The third kappa shape index (κ3) is 2.36. The first-order valence-electron chi connectivity index (χ1n) is 6.54. The lowest BCUT2D eigenvalue weighted by Crippen LogP contribution is -2.22. The second-order valence-electron chi connectivity index (χ2n) is 5.43. The molecule has 0 unspecified atom stereocenters. The zero-order valence-electron chi connectivity index (χ0n) is 10.9. The zero-order valence-corrected chi connectivity index (χ0v) is 12.5. The summed E-state index contributed by atoms with van der Waals surface area (Å²) in [6.45, 7) is 0. The van der Waals surface area contributed by atoms with Crippen LogP contribution >= 0.6 is 15.9 Å². The van der Waals surface area contributed by atoms with Crippen LogP contribution in [0.15, 0.2) is 46.9 Å². The number of halogens is 2. The van der Waals surface area contributed by atoms with Crippen LogP contribution in [0, 0.1) is 22.6 Å². The molecule has 20 heavy (non-hydrogen) atoms. The summed E-state index contributed by atoms with van der Waals surface area (Å²) in [7, 11) is 0. The van der Waals surface area contributed by atoms with Gasteiger partial charge in [0.2, 0.25) is 0 Å². The minimum absolute atomic E-state index is 0.245. The number of nitriles is 1. The molecule has 1 aliphatic rings. The van der Waals surface area contributed by atoms with Crippen molar-refractivity contribution in [3.05, 3.63) is 69.4 Å². The summed E-state index contributed by atoms with van der Waals surface area (Å²) in [5.74, 6) is -0.245. The van der Waals surface area contributed by atoms with E-state index in [9.17, 15) is 9.65 Å². The predicted molar refractivity (Wildman–Crippen MR) is 79.7 cm³/mol. The van der Waals surface area contributed by atoms with Gasteiger partial charge in [-0.2, -0.15) is 5.26 Å². The van der Waals surface area contributed by atoms with E-state index in [-0.39, 0.29) is 5.82 Å². The lowest BCUT2D eigenvalue weighted by atomic mass is 9.80. The number of fused-ring (bicyclic) bond motifs is 1. The van der Waals surface area contributed by atoms with Crippen LogP contribution in [0.5, 0.6) is 0 Å². The van der Waals surface area contributed by atoms with E-state index in [0.29, 0.717) is 24.8 Å². The van der Waals surface area contributed by atoms with E-state index in [1.54, 1.807) is 6.07 Å². The van der Waals surface area contributed by atoms with Gasteiger partial charge in [0.15, 0.2) is 0 Å². The molecule has 3 rings (SSSR count). The monoisotopic (exact) mass is 329 g/mol. The van der Waals surface area contributed by atoms with Crippen molar-refractivity contribution in [1.82, 2.24) is 0 Å². The van der Waals surface area contributed by atoms with Crippen LogP contribution in [0.25, 0.3) is 0 Å². The van der Waals surface area contributed by atoms with Gasteiger partial charge in [0.05, 0.1) is 11.5 Å². The predicted octanol–water partition coefficient (Wildman–Crippen LogP) is 4.44. The molecular formula is C17H13BrFN. The second kappa shape index (κ2) is 5.03. The average molecular weight is 330 g/mol. The van der Waals surface area contributed by atoms with E-state index in [4.69, 9.17) is 0 Å². The summed E-state index contributed by atoms with van der Waals surface area (Å²) in [6.07, 6.45) is 1.86. The van der Waals surface area contributed by atoms with Crippen LogP contribution in [-0.4, -0.2) is 0 Å². The highest BCUT2D eigenvalue weighted by Crippen LogP contribution is 2.39. The fraction of sp³-hybridized carbons (Fsp3) is 0.235. The van der Waals surface area contributed by atoms with Crippen LogP contribution in [0.1, 0.15) is 16.7 Å². The highest BCUT2D eigenvalue weighted by atomic mass is 79.9. The molecule has 0 bridgehead atoms. The van der Waals surface area contributed by atoms with Gasteiger partial charge in [-0.15, -0.1) is 0 Å². The molecule has 100 valence electrons. The normalized spacial score (nSPS) is 15.7. The van der Waals surface area contributed by atoms with E-state index < -0.39 is 5.41 Å². The van der Waals surface area contributed by atoms with Crippen molar-refractivity contribution in [3.8, 4) is 6.07 Å². The average Bonchev–Trinajstić information content (AvgIpc) is 2.81. The first-order valence-corrected chi connectivity index (χ1v) is 7.33. The molecular weight excluding hydrogens is 317 g/mol.